The van der Waals surface area contributed by atoms with Gasteiger partial charge in [0.25, 0.3) is 5.91 Å². The fourth-order valence-corrected chi connectivity index (χ4v) is 3.00. The molecule has 2 aromatic rings. The van der Waals surface area contributed by atoms with E-state index in [0.29, 0.717) is 30.9 Å². The third-order valence-corrected chi connectivity index (χ3v) is 4.46. The van der Waals surface area contributed by atoms with Crippen LogP contribution in [0.15, 0.2) is 34.9 Å². The first-order valence-corrected chi connectivity index (χ1v) is 9.14. The molecule has 27 heavy (non-hydrogen) atoms. The summed E-state index contributed by atoms with van der Waals surface area (Å²) in [6.45, 7) is 7.94. The summed E-state index contributed by atoms with van der Waals surface area (Å²) < 4.78 is 5.09. The van der Waals surface area contributed by atoms with Gasteiger partial charge in [-0.1, -0.05) is 5.16 Å². The van der Waals surface area contributed by atoms with Crippen molar-refractivity contribution in [1.82, 2.24) is 20.3 Å². The molecule has 0 unspecified atom stereocenters. The van der Waals surface area contributed by atoms with Gasteiger partial charge in [0.05, 0.1) is 5.69 Å². The number of aromatic nitrogens is 1. The monoisotopic (exact) mass is 371 g/mol. The lowest BCUT2D eigenvalue weighted by atomic mass is 10.2. The first-order chi connectivity index (χ1) is 13.0. The van der Waals surface area contributed by atoms with Crippen LogP contribution >= 0.6 is 0 Å². The highest BCUT2D eigenvalue weighted by molar-refractivity contribution is 5.95. The summed E-state index contributed by atoms with van der Waals surface area (Å²) in [6.07, 6.45) is 0. The van der Waals surface area contributed by atoms with Gasteiger partial charge < -0.3 is 20.1 Å². The maximum absolute atomic E-state index is 12.4. The molecule has 2 heterocycles. The Morgan fingerprint density at radius 1 is 1.15 bits per heavy atom. The fraction of sp³-hybridized carbons (Fsp3) is 0.421. The fourth-order valence-electron chi connectivity index (χ4n) is 3.00. The number of anilines is 1. The maximum atomic E-state index is 12.4. The van der Waals surface area contributed by atoms with Crippen molar-refractivity contribution in [3.05, 3.63) is 47.3 Å². The molecule has 3 amide bonds. The number of nitrogens with zero attached hydrogens (tertiary/aromatic N) is 3. The van der Waals surface area contributed by atoms with Gasteiger partial charge in [0, 0.05) is 56.6 Å². The topological polar surface area (TPSA) is 90.7 Å². The molecule has 0 atom stereocenters. The Morgan fingerprint density at radius 2 is 1.85 bits per heavy atom. The normalized spacial score (nSPS) is 14.8. The molecule has 8 heteroatoms. The highest BCUT2D eigenvalue weighted by Gasteiger charge is 2.22. The predicted octanol–water partition coefficient (Wildman–Crippen LogP) is 2.08. The minimum atomic E-state index is -0.127. The van der Waals surface area contributed by atoms with E-state index in [1.165, 1.54) is 0 Å². The van der Waals surface area contributed by atoms with Crippen molar-refractivity contribution in [2.75, 3.05) is 38.0 Å². The van der Waals surface area contributed by atoms with Crippen LogP contribution in [0.3, 0.4) is 0 Å². The van der Waals surface area contributed by atoms with Gasteiger partial charge in [0.2, 0.25) is 0 Å². The highest BCUT2D eigenvalue weighted by Crippen LogP contribution is 2.13. The zero-order valence-corrected chi connectivity index (χ0v) is 15.7. The minimum Gasteiger partial charge on any atom is -0.361 e. The lowest BCUT2D eigenvalue weighted by molar-refractivity contribution is 0.0956. The molecule has 0 saturated carbocycles. The van der Waals surface area contributed by atoms with Crippen molar-refractivity contribution >= 4 is 17.6 Å². The molecule has 1 saturated heterocycles. The van der Waals surface area contributed by atoms with Crippen molar-refractivity contribution in [2.24, 2.45) is 0 Å². The van der Waals surface area contributed by atoms with E-state index in [4.69, 9.17) is 4.52 Å². The standard InChI is InChI=1S/C19H25N5O3/c1-3-20-18(25)15-4-6-16(7-5-15)21-19(26)24-10-8-23(9-11-24)13-17-12-14(2)27-22-17/h4-7,12H,3,8-11,13H2,1-2H3,(H,20,25)(H,21,26). The van der Waals surface area contributed by atoms with Crippen LogP contribution < -0.4 is 10.6 Å². The number of rotatable bonds is 5. The Hall–Kier alpha value is -2.87. The third-order valence-electron chi connectivity index (χ3n) is 4.46. The first-order valence-electron chi connectivity index (χ1n) is 9.14. The number of benzene rings is 1. The van der Waals surface area contributed by atoms with Gasteiger partial charge in [-0.05, 0) is 38.1 Å². The van der Waals surface area contributed by atoms with Gasteiger partial charge in [-0.25, -0.2) is 4.79 Å². The molecular formula is C19H25N5O3. The minimum absolute atomic E-state index is 0.117. The Balaban J connectivity index is 1.47. The van der Waals surface area contributed by atoms with Gasteiger partial charge in [-0.3, -0.25) is 9.69 Å². The van der Waals surface area contributed by atoms with Crippen LogP contribution in [0.5, 0.6) is 0 Å². The van der Waals surface area contributed by atoms with Gasteiger partial charge in [-0.2, -0.15) is 0 Å². The molecule has 1 aliphatic heterocycles. The number of aryl methyl sites for hydroxylation is 1. The number of carbonyl (C=O) groups excluding carboxylic acids is 2. The molecule has 1 aromatic heterocycles. The summed E-state index contributed by atoms with van der Waals surface area (Å²) in [6, 6.07) is 8.70. The molecule has 0 radical (unpaired) electrons. The van der Waals surface area contributed by atoms with Crippen molar-refractivity contribution < 1.29 is 14.1 Å². The average Bonchev–Trinajstić information content (AvgIpc) is 3.08. The van der Waals surface area contributed by atoms with E-state index in [0.717, 1.165) is 31.1 Å². The van der Waals surface area contributed by atoms with Crippen LogP contribution in [-0.4, -0.2) is 59.6 Å². The smallest absolute Gasteiger partial charge is 0.321 e. The molecule has 1 aliphatic rings. The lowest BCUT2D eigenvalue weighted by Crippen LogP contribution is -2.49. The number of piperazine rings is 1. The molecule has 0 spiro atoms. The van der Waals surface area contributed by atoms with Crippen molar-refractivity contribution in [3.63, 3.8) is 0 Å². The molecule has 1 aromatic carbocycles. The lowest BCUT2D eigenvalue weighted by Gasteiger charge is -2.34. The number of amides is 3. The van der Waals surface area contributed by atoms with Crippen molar-refractivity contribution in [1.29, 1.82) is 0 Å². The second-order valence-corrected chi connectivity index (χ2v) is 6.56. The van der Waals surface area contributed by atoms with Crippen LogP contribution in [-0.2, 0) is 6.54 Å². The quantitative estimate of drug-likeness (QED) is 0.840. The highest BCUT2D eigenvalue weighted by atomic mass is 16.5. The van der Waals surface area contributed by atoms with E-state index in [1.807, 2.05) is 19.9 Å². The summed E-state index contributed by atoms with van der Waals surface area (Å²) in [4.78, 5) is 28.3. The molecule has 3 rings (SSSR count). The summed E-state index contributed by atoms with van der Waals surface area (Å²) in [5.41, 5.74) is 2.16. The van der Waals surface area contributed by atoms with Crippen LogP contribution in [0, 0.1) is 6.92 Å². The Bertz CT molecular complexity index is 779. The van der Waals surface area contributed by atoms with Gasteiger partial charge in [0.1, 0.15) is 5.76 Å². The van der Waals surface area contributed by atoms with Crippen molar-refractivity contribution in [3.8, 4) is 0 Å². The zero-order chi connectivity index (χ0) is 19.2. The second kappa shape index (κ2) is 8.68. The van der Waals surface area contributed by atoms with Crippen LogP contribution in [0.2, 0.25) is 0 Å². The van der Waals surface area contributed by atoms with E-state index >= 15 is 0 Å². The van der Waals surface area contributed by atoms with E-state index in [9.17, 15) is 9.59 Å². The molecule has 1 fully saturated rings. The molecule has 0 bridgehead atoms. The Labute approximate surface area is 158 Å². The van der Waals surface area contributed by atoms with Crippen LogP contribution in [0.1, 0.15) is 28.7 Å². The Morgan fingerprint density at radius 3 is 2.44 bits per heavy atom. The Kier molecular flexibility index (Phi) is 6.08. The summed E-state index contributed by atoms with van der Waals surface area (Å²) >= 11 is 0. The number of hydrogen-bond donors (Lipinski definition) is 2. The molecule has 2 N–H and O–H groups in total. The molecule has 8 nitrogen and oxygen atoms in total. The molecular weight excluding hydrogens is 346 g/mol. The van der Waals surface area contributed by atoms with E-state index < -0.39 is 0 Å². The SMILES string of the molecule is CCNC(=O)c1ccc(NC(=O)N2CCN(Cc3cc(C)on3)CC2)cc1. The summed E-state index contributed by atoms with van der Waals surface area (Å²) in [7, 11) is 0. The van der Waals surface area contributed by atoms with Gasteiger partial charge in [-0.15, -0.1) is 0 Å². The molecule has 144 valence electrons. The van der Waals surface area contributed by atoms with Gasteiger partial charge in [0.15, 0.2) is 0 Å². The number of urea groups is 1. The number of hydrogen-bond acceptors (Lipinski definition) is 5. The first kappa shape index (κ1) is 18.9. The van der Waals surface area contributed by atoms with Crippen LogP contribution in [0.4, 0.5) is 10.5 Å². The average molecular weight is 371 g/mol. The largest absolute Gasteiger partial charge is 0.361 e. The van der Waals surface area contributed by atoms with E-state index in [1.54, 1.807) is 29.2 Å². The zero-order valence-electron chi connectivity index (χ0n) is 15.7. The predicted molar refractivity (Wildman–Crippen MR) is 102 cm³/mol. The van der Waals surface area contributed by atoms with E-state index in [2.05, 4.69) is 20.7 Å². The third kappa shape index (κ3) is 5.07. The van der Waals surface area contributed by atoms with E-state index in [-0.39, 0.29) is 11.9 Å². The molecule has 0 aliphatic carbocycles. The number of carbonyl (C=O) groups is 2. The summed E-state index contributed by atoms with van der Waals surface area (Å²) in [5.74, 6) is 0.690. The summed E-state index contributed by atoms with van der Waals surface area (Å²) in [5, 5.41) is 9.65. The second-order valence-electron chi connectivity index (χ2n) is 6.56. The van der Waals surface area contributed by atoms with Crippen molar-refractivity contribution in [2.45, 2.75) is 20.4 Å². The van der Waals surface area contributed by atoms with Gasteiger partial charge >= 0.3 is 6.03 Å². The maximum Gasteiger partial charge on any atom is 0.321 e. The number of nitrogens with one attached hydrogen (secondary N) is 2. The van der Waals surface area contributed by atoms with Crippen LogP contribution in [0.25, 0.3) is 0 Å².